The summed E-state index contributed by atoms with van der Waals surface area (Å²) in [7, 11) is 0. The van der Waals surface area contributed by atoms with E-state index in [2.05, 4.69) is 48.1 Å². The molecule has 8 nitrogen and oxygen atoms in total. The van der Waals surface area contributed by atoms with Gasteiger partial charge in [-0.05, 0) is 81.3 Å². The molecule has 2 aromatic carbocycles. The van der Waals surface area contributed by atoms with Crippen molar-refractivity contribution < 1.29 is 9.84 Å². The molecule has 3 aromatic rings. The van der Waals surface area contributed by atoms with Crippen LogP contribution in [-0.4, -0.2) is 76.4 Å². The monoisotopic (exact) mass is 644 g/mol. The molecule has 0 spiro atoms. The lowest BCUT2D eigenvalue weighted by molar-refractivity contribution is 0.0829. The minimum Gasteiger partial charge on any atom is -0.508 e. The second kappa shape index (κ2) is 10.2. The van der Waals surface area contributed by atoms with Crippen molar-refractivity contribution >= 4 is 38.2 Å². The Hall–Kier alpha value is -2.62. The molecular formula is C34H41BrN6O2. The van der Waals surface area contributed by atoms with Crippen LogP contribution in [0.4, 0.5) is 11.5 Å². The number of phenols is 1. The highest BCUT2D eigenvalue weighted by Gasteiger charge is 2.55. The number of phenolic OH excluding ortho intramolecular Hbond substituents is 1. The number of aromatic nitrogens is 2. The van der Waals surface area contributed by atoms with Crippen LogP contribution >= 0.6 is 15.9 Å². The van der Waals surface area contributed by atoms with Crippen LogP contribution in [0.25, 0.3) is 10.8 Å². The molecule has 1 aliphatic carbocycles. The van der Waals surface area contributed by atoms with Gasteiger partial charge in [0.05, 0.1) is 17.8 Å². The molecule has 9 heteroatoms. The number of ether oxygens (including phenoxy) is 1. The zero-order valence-electron chi connectivity index (χ0n) is 24.8. The molecular weight excluding hydrogens is 604 g/mol. The van der Waals surface area contributed by atoms with Gasteiger partial charge in [0, 0.05) is 64.9 Å². The van der Waals surface area contributed by atoms with Gasteiger partial charge in [0.25, 0.3) is 0 Å². The Kier molecular flexibility index (Phi) is 6.35. The largest absolute Gasteiger partial charge is 0.508 e. The van der Waals surface area contributed by atoms with E-state index >= 15 is 0 Å². The van der Waals surface area contributed by atoms with Crippen molar-refractivity contribution in [3.8, 4) is 11.8 Å². The SMILES string of the molecule is Oc1cc(N2CCc3c(nc(OC[C@]45CCCN4[C@H]4CCC[C@H]4C5)nc3N3CC4CCC(C3)N4)C2)c2c(Br)cccc2c1. The average molecular weight is 646 g/mol. The third-order valence-electron chi connectivity index (χ3n) is 11.6. The molecule has 1 saturated carbocycles. The first kappa shape index (κ1) is 26.8. The van der Waals surface area contributed by atoms with Crippen LogP contribution in [0, 0.1) is 5.92 Å². The lowest BCUT2D eigenvalue weighted by atomic mass is 9.90. The highest BCUT2D eigenvalue weighted by Crippen LogP contribution is 2.51. The van der Waals surface area contributed by atoms with Gasteiger partial charge in [-0.25, -0.2) is 0 Å². The summed E-state index contributed by atoms with van der Waals surface area (Å²) in [6, 6.07) is 12.3. The molecule has 4 saturated heterocycles. The van der Waals surface area contributed by atoms with E-state index in [1.165, 1.54) is 63.5 Å². The number of rotatable bonds is 5. The van der Waals surface area contributed by atoms with Crippen LogP contribution in [-0.2, 0) is 13.0 Å². The van der Waals surface area contributed by atoms with Gasteiger partial charge in [-0.15, -0.1) is 0 Å². The van der Waals surface area contributed by atoms with E-state index in [4.69, 9.17) is 14.7 Å². The number of fused-ring (bicyclic) bond motifs is 7. The smallest absolute Gasteiger partial charge is 0.318 e. The van der Waals surface area contributed by atoms with Crippen molar-refractivity contribution in [1.29, 1.82) is 0 Å². The Bertz CT molecular complexity index is 1570. The minimum absolute atomic E-state index is 0.155. The third kappa shape index (κ3) is 4.44. The van der Waals surface area contributed by atoms with Crippen molar-refractivity contribution in [2.24, 2.45) is 5.92 Å². The highest BCUT2D eigenvalue weighted by molar-refractivity contribution is 9.10. The predicted octanol–water partition coefficient (Wildman–Crippen LogP) is 5.39. The fourth-order valence-corrected chi connectivity index (χ4v) is 10.3. The molecule has 2 unspecified atom stereocenters. The Balaban J connectivity index is 1.06. The molecule has 2 bridgehead atoms. The summed E-state index contributed by atoms with van der Waals surface area (Å²) < 4.78 is 7.74. The highest BCUT2D eigenvalue weighted by atomic mass is 79.9. The quantitative estimate of drug-likeness (QED) is 0.383. The molecule has 226 valence electrons. The maximum absolute atomic E-state index is 10.6. The van der Waals surface area contributed by atoms with Gasteiger partial charge in [-0.2, -0.15) is 9.97 Å². The first-order valence-electron chi connectivity index (χ1n) is 16.5. The normalized spacial score (nSPS) is 31.5. The lowest BCUT2D eigenvalue weighted by Gasteiger charge is -2.38. The molecule has 2 N–H and O–H groups in total. The molecule has 1 aromatic heterocycles. The van der Waals surface area contributed by atoms with Crippen LogP contribution in [0.3, 0.4) is 0 Å². The number of hydrogen-bond donors (Lipinski definition) is 2. The van der Waals surface area contributed by atoms with Crippen molar-refractivity contribution in [2.45, 2.75) is 88.0 Å². The van der Waals surface area contributed by atoms with Gasteiger partial charge in [0.2, 0.25) is 0 Å². The van der Waals surface area contributed by atoms with Gasteiger partial charge < -0.3 is 25.0 Å². The number of aromatic hydroxyl groups is 1. The van der Waals surface area contributed by atoms with Crippen molar-refractivity contribution in [2.75, 3.05) is 42.6 Å². The number of nitrogens with zero attached hydrogens (tertiary/aromatic N) is 5. The number of halogens is 1. The zero-order chi connectivity index (χ0) is 28.7. The molecule has 5 fully saturated rings. The molecule has 6 heterocycles. The fourth-order valence-electron chi connectivity index (χ4n) is 9.75. The molecule has 5 aliphatic heterocycles. The van der Waals surface area contributed by atoms with Gasteiger partial charge >= 0.3 is 6.01 Å². The zero-order valence-corrected chi connectivity index (χ0v) is 26.4. The van der Waals surface area contributed by atoms with E-state index in [0.717, 1.165) is 70.5 Å². The van der Waals surface area contributed by atoms with Crippen molar-refractivity contribution in [3.05, 3.63) is 46.1 Å². The van der Waals surface area contributed by atoms with E-state index in [1.807, 2.05) is 18.2 Å². The van der Waals surface area contributed by atoms with Crippen LogP contribution in [0.15, 0.2) is 34.8 Å². The van der Waals surface area contributed by atoms with E-state index in [-0.39, 0.29) is 11.3 Å². The summed E-state index contributed by atoms with van der Waals surface area (Å²) in [5.41, 5.74) is 3.52. The van der Waals surface area contributed by atoms with Crippen LogP contribution in [0.5, 0.6) is 11.8 Å². The van der Waals surface area contributed by atoms with Gasteiger partial charge in [-0.1, -0.05) is 34.5 Å². The summed E-state index contributed by atoms with van der Waals surface area (Å²) in [6.07, 6.45) is 11.2. The maximum Gasteiger partial charge on any atom is 0.318 e. The standard InChI is InChI=1S/C34H41BrN6O2/c35-27-6-1-4-21-14-25(42)15-30(31(21)27)39-13-10-26-28(19-39)37-33(38-32(26)40-17-23-8-9-24(18-40)36-23)43-20-34-11-3-12-41(34)29-7-2-5-22(29)16-34/h1,4,6,14-15,22-24,29,36,42H,2-3,5,7-13,16-20H2/t22-,23?,24?,29-,34+/m0/s1. The first-order chi connectivity index (χ1) is 21.0. The third-order valence-corrected chi connectivity index (χ3v) is 12.2. The lowest BCUT2D eigenvalue weighted by Crippen LogP contribution is -2.52. The number of anilines is 2. The number of hydrogen-bond acceptors (Lipinski definition) is 8. The van der Waals surface area contributed by atoms with Crippen molar-refractivity contribution in [1.82, 2.24) is 20.2 Å². The van der Waals surface area contributed by atoms with E-state index in [9.17, 15) is 5.11 Å². The summed E-state index contributed by atoms with van der Waals surface area (Å²) in [5, 5.41) is 16.6. The van der Waals surface area contributed by atoms with E-state index in [0.29, 0.717) is 31.2 Å². The molecule has 6 aliphatic rings. The molecule has 43 heavy (non-hydrogen) atoms. The maximum atomic E-state index is 10.6. The van der Waals surface area contributed by atoms with E-state index < -0.39 is 0 Å². The average Bonchev–Trinajstić information content (AvgIpc) is 3.76. The molecule has 0 amide bonds. The predicted molar refractivity (Wildman–Crippen MR) is 172 cm³/mol. The summed E-state index contributed by atoms with van der Waals surface area (Å²) in [6.45, 7) is 5.42. The Morgan fingerprint density at radius 1 is 1.02 bits per heavy atom. The Morgan fingerprint density at radius 2 is 1.91 bits per heavy atom. The Morgan fingerprint density at radius 3 is 2.79 bits per heavy atom. The molecule has 9 rings (SSSR count). The topological polar surface area (TPSA) is 77.0 Å². The first-order valence-corrected chi connectivity index (χ1v) is 17.3. The summed E-state index contributed by atoms with van der Waals surface area (Å²) in [5.74, 6) is 2.21. The van der Waals surface area contributed by atoms with Crippen LogP contribution < -0.4 is 19.9 Å². The van der Waals surface area contributed by atoms with Gasteiger partial charge in [0.15, 0.2) is 0 Å². The number of benzene rings is 2. The second-order valence-electron chi connectivity index (χ2n) is 14.0. The number of nitrogens with one attached hydrogen (secondary N) is 1. The Labute approximate surface area is 261 Å². The summed E-state index contributed by atoms with van der Waals surface area (Å²) >= 11 is 3.78. The molecule has 5 atom stereocenters. The van der Waals surface area contributed by atoms with Crippen LogP contribution in [0.2, 0.25) is 0 Å². The van der Waals surface area contributed by atoms with Gasteiger partial charge in [0.1, 0.15) is 18.2 Å². The van der Waals surface area contributed by atoms with Crippen LogP contribution in [0.1, 0.15) is 62.6 Å². The second-order valence-corrected chi connectivity index (χ2v) is 14.9. The minimum atomic E-state index is 0.155. The number of piperazine rings is 1. The van der Waals surface area contributed by atoms with E-state index in [1.54, 1.807) is 0 Å². The summed E-state index contributed by atoms with van der Waals surface area (Å²) in [4.78, 5) is 18.1. The molecule has 0 radical (unpaired) electrons. The fraction of sp³-hybridized carbons (Fsp3) is 0.588. The van der Waals surface area contributed by atoms with Gasteiger partial charge in [-0.3, -0.25) is 4.90 Å². The van der Waals surface area contributed by atoms with Crippen molar-refractivity contribution in [3.63, 3.8) is 0 Å².